The van der Waals surface area contributed by atoms with Crippen LogP contribution in [0.15, 0.2) is 65.7 Å². The third-order valence-electron chi connectivity index (χ3n) is 7.04. The average Bonchev–Trinajstić information content (AvgIpc) is 3.40. The van der Waals surface area contributed by atoms with Crippen molar-refractivity contribution in [1.82, 2.24) is 18.9 Å². The molecule has 1 fully saturated rings. The normalized spacial score (nSPS) is 17.4. The van der Waals surface area contributed by atoms with Crippen LogP contribution in [0.2, 0.25) is 10.0 Å². The zero-order valence-corrected chi connectivity index (χ0v) is 26.3. The van der Waals surface area contributed by atoms with Gasteiger partial charge in [0, 0.05) is 25.5 Å². The van der Waals surface area contributed by atoms with Gasteiger partial charge in [-0.15, -0.1) is 0 Å². The number of aldehydes is 1. The van der Waals surface area contributed by atoms with Crippen LogP contribution in [0.25, 0.3) is 5.78 Å². The molecule has 4 aromatic rings. The van der Waals surface area contributed by atoms with Gasteiger partial charge < -0.3 is 23.7 Å². The number of hydrogen-bond acceptors (Lipinski definition) is 8. The van der Waals surface area contributed by atoms with Crippen molar-refractivity contribution in [2.24, 2.45) is 0 Å². The third kappa shape index (κ3) is 7.35. The summed E-state index contributed by atoms with van der Waals surface area (Å²) >= 11 is 12.9. The molecule has 230 valence electrons. The molecule has 3 heterocycles. The largest absolute Gasteiger partial charge is 0.481 e. The molecular formula is C31H30Cl2N4O6S. The van der Waals surface area contributed by atoms with Gasteiger partial charge in [0.15, 0.2) is 5.69 Å². The molecule has 1 amide bonds. The molecule has 10 nitrogen and oxygen atoms in total. The minimum Gasteiger partial charge on any atom is -0.481 e. The molecule has 0 spiro atoms. The van der Waals surface area contributed by atoms with Crippen molar-refractivity contribution >= 4 is 58.1 Å². The van der Waals surface area contributed by atoms with Crippen LogP contribution in [0.3, 0.4) is 0 Å². The molecule has 2 aromatic heterocycles. The summed E-state index contributed by atoms with van der Waals surface area (Å²) in [5.41, 5.74) is 0.644. The number of nitrogens with zero attached hydrogens (tertiary/aromatic N) is 4. The number of amides is 1. The second-order valence-electron chi connectivity index (χ2n) is 10.6. The lowest BCUT2D eigenvalue weighted by Gasteiger charge is -2.35. The Morgan fingerprint density at radius 1 is 1.07 bits per heavy atom. The number of imidazole rings is 1. The zero-order valence-electron chi connectivity index (χ0n) is 24.0. The second kappa shape index (κ2) is 14.0. The first-order valence-electron chi connectivity index (χ1n) is 13.9. The van der Waals surface area contributed by atoms with E-state index in [-0.39, 0.29) is 54.9 Å². The third-order valence-corrected chi connectivity index (χ3v) is 8.76. The van der Waals surface area contributed by atoms with E-state index in [0.717, 1.165) is 17.3 Å². The predicted molar refractivity (Wildman–Crippen MR) is 169 cm³/mol. The van der Waals surface area contributed by atoms with Gasteiger partial charge >= 0.3 is 5.56 Å². The van der Waals surface area contributed by atoms with E-state index in [1.54, 1.807) is 29.3 Å². The number of benzene rings is 2. The molecule has 44 heavy (non-hydrogen) atoms. The van der Waals surface area contributed by atoms with Gasteiger partial charge in [-0.05, 0) is 43.5 Å². The van der Waals surface area contributed by atoms with E-state index in [0.29, 0.717) is 35.0 Å². The summed E-state index contributed by atoms with van der Waals surface area (Å²) in [7, 11) is 0. The highest BCUT2D eigenvalue weighted by Crippen LogP contribution is 2.28. The maximum atomic E-state index is 13.7. The molecule has 0 aliphatic carbocycles. The molecule has 1 saturated heterocycles. The van der Waals surface area contributed by atoms with Gasteiger partial charge in [0.1, 0.15) is 19.4 Å². The summed E-state index contributed by atoms with van der Waals surface area (Å²) in [5, 5.41) is -0.724. The SMILES string of the molecule is CC1CN(C(=O)Cn2ccn3c(=O)c(OCc4ccccc4)c(C(=O)SC(C=O)Cc4ccc(Cl)c(Cl)c4)nc23)CC(C)O1. The first kappa shape index (κ1) is 31.8. The lowest BCUT2D eigenvalue weighted by molar-refractivity contribution is -0.143. The molecule has 5 rings (SSSR count). The van der Waals surface area contributed by atoms with Gasteiger partial charge in [0.2, 0.25) is 22.5 Å². The van der Waals surface area contributed by atoms with Crippen molar-refractivity contribution in [3.8, 4) is 5.75 Å². The maximum Gasteiger partial charge on any atom is 0.302 e. The lowest BCUT2D eigenvalue weighted by atomic mass is 10.1. The van der Waals surface area contributed by atoms with E-state index in [9.17, 15) is 19.2 Å². The fourth-order valence-electron chi connectivity index (χ4n) is 5.02. The molecule has 0 bridgehead atoms. The van der Waals surface area contributed by atoms with Gasteiger partial charge in [0.05, 0.1) is 27.5 Å². The van der Waals surface area contributed by atoms with E-state index in [1.165, 1.54) is 15.2 Å². The molecule has 0 saturated carbocycles. The van der Waals surface area contributed by atoms with E-state index < -0.39 is 15.9 Å². The number of ether oxygens (including phenoxy) is 2. The number of morpholine rings is 1. The predicted octanol–water partition coefficient (Wildman–Crippen LogP) is 4.70. The van der Waals surface area contributed by atoms with Crippen LogP contribution in [-0.2, 0) is 33.9 Å². The van der Waals surface area contributed by atoms with Crippen molar-refractivity contribution in [3.63, 3.8) is 0 Å². The van der Waals surface area contributed by atoms with Crippen molar-refractivity contribution in [2.45, 2.75) is 50.9 Å². The minimum atomic E-state index is -0.805. The summed E-state index contributed by atoms with van der Waals surface area (Å²) in [5.74, 6) is -0.322. The standard InChI is InChI=1S/C31H30Cl2N4O6S/c1-19-14-36(15-20(2)43-19)26(39)16-35-10-11-37-29(40)28(42-18-21-6-4-3-5-7-21)27(34-31(35)37)30(41)44-23(17-38)12-22-8-9-24(32)25(33)13-22/h3-11,13,17,19-20,23H,12,14-16,18H2,1-2H3. The molecule has 0 radical (unpaired) electrons. The highest BCUT2D eigenvalue weighted by molar-refractivity contribution is 8.15. The summed E-state index contributed by atoms with van der Waals surface area (Å²) in [4.78, 5) is 58.9. The number of thioether (sulfide) groups is 1. The summed E-state index contributed by atoms with van der Waals surface area (Å²) < 4.78 is 14.4. The molecule has 2 aromatic carbocycles. The van der Waals surface area contributed by atoms with E-state index in [1.807, 2.05) is 44.2 Å². The molecule has 1 aliphatic rings. The van der Waals surface area contributed by atoms with Crippen LogP contribution < -0.4 is 10.3 Å². The Hall–Kier alpha value is -3.64. The number of carbonyl (C=O) groups is 3. The van der Waals surface area contributed by atoms with Gasteiger partial charge in [-0.1, -0.05) is 71.4 Å². The fraction of sp³-hybridized carbons (Fsp3) is 0.323. The summed E-state index contributed by atoms with van der Waals surface area (Å²) in [6.45, 7) is 4.62. The fourth-order valence-corrected chi connectivity index (χ4v) is 6.19. The van der Waals surface area contributed by atoms with Gasteiger partial charge in [-0.3, -0.25) is 14.4 Å². The van der Waals surface area contributed by atoms with Gasteiger partial charge in [0.25, 0.3) is 0 Å². The Morgan fingerprint density at radius 3 is 2.48 bits per heavy atom. The average molecular weight is 658 g/mol. The van der Waals surface area contributed by atoms with Crippen LogP contribution in [0.4, 0.5) is 0 Å². The van der Waals surface area contributed by atoms with E-state index in [4.69, 9.17) is 32.7 Å². The Morgan fingerprint density at radius 2 is 1.80 bits per heavy atom. The quantitative estimate of drug-likeness (QED) is 0.226. The molecule has 3 unspecified atom stereocenters. The van der Waals surface area contributed by atoms with Crippen LogP contribution in [0.5, 0.6) is 5.75 Å². The zero-order chi connectivity index (χ0) is 31.4. The number of hydrogen-bond donors (Lipinski definition) is 0. The van der Waals surface area contributed by atoms with Crippen LogP contribution in [-0.4, -0.2) is 66.7 Å². The summed E-state index contributed by atoms with van der Waals surface area (Å²) in [6, 6.07) is 14.2. The second-order valence-corrected chi connectivity index (χ2v) is 12.6. The summed E-state index contributed by atoms with van der Waals surface area (Å²) in [6.07, 6.45) is 3.69. The van der Waals surface area contributed by atoms with E-state index in [2.05, 4.69) is 4.98 Å². The van der Waals surface area contributed by atoms with Crippen molar-refractivity contribution in [1.29, 1.82) is 0 Å². The molecule has 3 atom stereocenters. The van der Waals surface area contributed by atoms with Crippen molar-refractivity contribution in [2.75, 3.05) is 13.1 Å². The minimum absolute atomic E-state index is 0.0156. The van der Waals surface area contributed by atoms with Crippen molar-refractivity contribution in [3.05, 3.63) is 98.1 Å². The first-order valence-corrected chi connectivity index (χ1v) is 15.6. The smallest absolute Gasteiger partial charge is 0.302 e. The highest BCUT2D eigenvalue weighted by atomic mass is 35.5. The maximum absolute atomic E-state index is 13.7. The number of carbonyl (C=O) groups excluding carboxylic acids is 3. The Bertz CT molecular complexity index is 1730. The van der Waals surface area contributed by atoms with Crippen LogP contribution in [0.1, 0.15) is 35.5 Å². The Labute approximate surface area is 267 Å². The van der Waals surface area contributed by atoms with E-state index >= 15 is 0 Å². The lowest BCUT2D eigenvalue weighted by Crippen LogP contribution is -2.49. The van der Waals surface area contributed by atoms with Gasteiger partial charge in [-0.25, -0.2) is 9.38 Å². The topological polar surface area (TPSA) is 112 Å². The number of aromatic nitrogens is 3. The van der Waals surface area contributed by atoms with Crippen LogP contribution >= 0.6 is 35.0 Å². The number of halogens is 2. The van der Waals surface area contributed by atoms with Gasteiger partial charge in [-0.2, -0.15) is 0 Å². The Kier molecular flexibility index (Phi) is 10.1. The highest BCUT2D eigenvalue weighted by Gasteiger charge is 2.28. The monoisotopic (exact) mass is 656 g/mol. The molecule has 1 aliphatic heterocycles. The molecule has 13 heteroatoms. The molecule has 0 N–H and O–H groups in total. The molecular weight excluding hydrogens is 627 g/mol. The first-order chi connectivity index (χ1) is 21.1. The number of rotatable bonds is 10. The van der Waals surface area contributed by atoms with Crippen molar-refractivity contribution < 1.29 is 23.9 Å². The Balaban J connectivity index is 1.46. The van der Waals surface area contributed by atoms with Crippen LogP contribution in [0, 0.1) is 0 Å². The number of fused-ring (bicyclic) bond motifs is 1.